The molecule has 14 heavy (non-hydrogen) atoms. The fourth-order valence-corrected chi connectivity index (χ4v) is 2.05. The third kappa shape index (κ3) is 2.04. The van der Waals surface area contributed by atoms with Gasteiger partial charge in [-0.15, -0.1) is 0 Å². The zero-order valence-corrected chi connectivity index (χ0v) is 8.62. The summed E-state index contributed by atoms with van der Waals surface area (Å²) in [6, 6.07) is -0.0511. The molecule has 0 aromatic rings. The van der Waals surface area contributed by atoms with Crippen LogP contribution in [0.2, 0.25) is 0 Å². The van der Waals surface area contributed by atoms with Crippen LogP contribution in [0.25, 0.3) is 0 Å². The standard InChI is InChI=1S/C9H17N3O2/c1-6-8(9(14)11-10)4-3-5-12(6)7(2)13/h6,8H,3-5,10H2,1-2H3,(H,11,14). The zero-order valence-electron chi connectivity index (χ0n) is 8.62. The molecule has 1 saturated heterocycles. The van der Waals surface area contributed by atoms with Crippen LogP contribution in [-0.2, 0) is 9.59 Å². The topological polar surface area (TPSA) is 75.4 Å². The highest BCUT2D eigenvalue weighted by Gasteiger charge is 2.33. The molecule has 5 nitrogen and oxygen atoms in total. The molecule has 80 valence electrons. The first-order chi connectivity index (χ1) is 6.57. The van der Waals surface area contributed by atoms with Crippen LogP contribution >= 0.6 is 0 Å². The van der Waals surface area contributed by atoms with E-state index in [1.165, 1.54) is 6.92 Å². The molecule has 1 rings (SSSR count). The molecule has 0 radical (unpaired) electrons. The molecule has 0 aromatic carbocycles. The lowest BCUT2D eigenvalue weighted by Crippen LogP contribution is -2.51. The van der Waals surface area contributed by atoms with Crippen molar-refractivity contribution in [2.45, 2.75) is 32.7 Å². The lowest BCUT2D eigenvalue weighted by molar-refractivity contribution is -0.137. The minimum Gasteiger partial charge on any atom is -0.339 e. The summed E-state index contributed by atoms with van der Waals surface area (Å²) in [6.07, 6.45) is 1.66. The van der Waals surface area contributed by atoms with Gasteiger partial charge in [0.2, 0.25) is 11.8 Å². The van der Waals surface area contributed by atoms with Crippen LogP contribution in [0, 0.1) is 5.92 Å². The average Bonchev–Trinajstić information content (AvgIpc) is 2.16. The van der Waals surface area contributed by atoms with Crippen molar-refractivity contribution >= 4 is 11.8 Å². The van der Waals surface area contributed by atoms with Crippen molar-refractivity contribution in [1.29, 1.82) is 0 Å². The fourth-order valence-electron chi connectivity index (χ4n) is 2.05. The van der Waals surface area contributed by atoms with E-state index in [0.717, 1.165) is 19.4 Å². The molecule has 2 amide bonds. The SMILES string of the molecule is CC(=O)N1CCCC(C(=O)NN)C1C. The van der Waals surface area contributed by atoms with E-state index >= 15 is 0 Å². The number of nitrogens with two attached hydrogens (primary N) is 1. The lowest BCUT2D eigenvalue weighted by atomic mass is 9.89. The van der Waals surface area contributed by atoms with E-state index in [0.29, 0.717) is 0 Å². The van der Waals surface area contributed by atoms with Gasteiger partial charge in [-0.1, -0.05) is 0 Å². The number of nitrogens with zero attached hydrogens (tertiary/aromatic N) is 1. The maximum absolute atomic E-state index is 11.4. The summed E-state index contributed by atoms with van der Waals surface area (Å²) < 4.78 is 0. The van der Waals surface area contributed by atoms with Gasteiger partial charge < -0.3 is 4.90 Å². The monoisotopic (exact) mass is 199 g/mol. The molecule has 2 unspecified atom stereocenters. The van der Waals surface area contributed by atoms with Crippen molar-refractivity contribution < 1.29 is 9.59 Å². The number of rotatable bonds is 1. The van der Waals surface area contributed by atoms with Gasteiger partial charge in [0.1, 0.15) is 0 Å². The highest BCUT2D eigenvalue weighted by molar-refractivity contribution is 5.80. The van der Waals surface area contributed by atoms with E-state index in [9.17, 15) is 9.59 Å². The molecular formula is C9H17N3O2. The summed E-state index contributed by atoms with van der Waals surface area (Å²) in [5.74, 6) is 4.76. The quantitative estimate of drug-likeness (QED) is 0.343. The van der Waals surface area contributed by atoms with E-state index in [-0.39, 0.29) is 23.8 Å². The molecule has 1 aliphatic heterocycles. The Morgan fingerprint density at radius 2 is 2.14 bits per heavy atom. The number of amides is 2. The number of hydrogen-bond donors (Lipinski definition) is 2. The maximum atomic E-state index is 11.4. The Kier molecular flexibility index (Phi) is 3.46. The Balaban J connectivity index is 2.70. The number of likely N-dealkylation sites (tertiary alicyclic amines) is 1. The van der Waals surface area contributed by atoms with Gasteiger partial charge in [0.25, 0.3) is 0 Å². The van der Waals surface area contributed by atoms with E-state index in [1.54, 1.807) is 4.90 Å². The minimum absolute atomic E-state index is 0.0204. The Hall–Kier alpha value is -1.10. The molecule has 0 spiro atoms. The second kappa shape index (κ2) is 4.41. The molecule has 1 heterocycles. The van der Waals surface area contributed by atoms with Gasteiger partial charge in [-0.25, -0.2) is 5.84 Å². The molecule has 1 aliphatic rings. The van der Waals surface area contributed by atoms with Gasteiger partial charge in [-0.3, -0.25) is 15.0 Å². The summed E-state index contributed by atoms with van der Waals surface area (Å²) in [7, 11) is 0. The zero-order chi connectivity index (χ0) is 10.7. The minimum atomic E-state index is -0.177. The summed E-state index contributed by atoms with van der Waals surface area (Å²) in [4.78, 5) is 24.3. The van der Waals surface area contributed by atoms with Gasteiger partial charge in [-0.05, 0) is 19.8 Å². The summed E-state index contributed by atoms with van der Waals surface area (Å²) >= 11 is 0. The van der Waals surface area contributed by atoms with E-state index in [4.69, 9.17) is 5.84 Å². The van der Waals surface area contributed by atoms with Crippen LogP contribution in [0.3, 0.4) is 0 Å². The van der Waals surface area contributed by atoms with Crippen molar-refractivity contribution in [3.05, 3.63) is 0 Å². The number of piperidine rings is 1. The predicted molar refractivity (Wildman–Crippen MR) is 51.9 cm³/mol. The normalized spacial score (nSPS) is 27.2. The molecule has 5 heteroatoms. The van der Waals surface area contributed by atoms with Crippen LogP contribution in [0.1, 0.15) is 26.7 Å². The fraction of sp³-hybridized carbons (Fsp3) is 0.778. The molecule has 3 N–H and O–H groups in total. The second-order valence-electron chi connectivity index (χ2n) is 3.71. The van der Waals surface area contributed by atoms with E-state index in [2.05, 4.69) is 5.43 Å². The van der Waals surface area contributed by atoms with Crippen molar-refractivity contribution in [2.24, 2.45) is 11.8 Å². The Labute approximate surface area is 83.6 Å². The molecular weight excluding hydrogens is 182 g/mol. The third-order valence-corrected chi connectivity index (χ3v) is 2.87. The predicted octanol–water partition coefficient (Wildman–Crippen LogP) is -0.377. The summed E-state index contributed by atoms with van der Waals surface area (Å²) in [5, 5.41) is 0. The second-order valence-corrected chi connectivity index (χ2v) is 3.71. The van der Waals surface area contributed by atoms with Crippen molar-refractivity contribution in [1.82, 2.24) is 10.3 Å². The molecule has 0 aliphatic carbocycles. The number of nitrogens with one attached hydrogen (secondary N) is 1. The first-order valence-electron chi connectivity index (χ1n) is 4.85. The Morgan fingerprint density at radius 3 is 2.64 bits per heavy atom. The number of hydrazine groups is 1. The van der Waals surface area contributed by atoms with Gasteiger partial charge in [0.15, 0.2) is 0 Å². The van der Waals surface area contributed by atoms with Crippen LogP contribution in [-0.4, -0.2) is 29.3 Å². The van der Waals surface area contributed by atoms with Crippen molar-refractivity contribution in [2.75, 3.05) is 6.54 Å². The van der Waals surface area contributed by atoms with Crippen LogP contribution in [0.15, 0.2) is 0 Å². The number of hydrogen-bond acceptors (Lipinski definition) is 3. The molecule has 0 bridgehead atoms. The largest absolute Gasteiger partial charge is 0.339 e. The van der Waals surface area contributed by atoms with Crippen molar-refractivity contribution in [3.8, 4) is 0 Å². The van der Waals surface area contributed by atoms with E-state index < -0.39 is 0 Å². The van der Waals surface area contributed by atoms with Gasteiger partial charge in [-0.2, -0.15) is 0 Å². The number of carbonyl (C=O) groups excluding carboxylic acids is 2. The summed E-state index contributed by atoms with van der Waals surface area (Å²) in [5.41, 5.74) is 2.15. The Morgan fingerprint density at radius 1 is 1.50 bits per heavy atom. The first-order valence-corrected chi connectivity index (χ1v) is 4.85. The first kappa shape index (κ1) is 11.0. The number of carbonyl (C=O) groups is 2. The Bertz CT molecular complexity index is 242. The average molecular weight is 199 g/mol. The van der Waals surface area contributed by atoms with Gasteiger partial charge >= 0.3 is 0 Å². The van der Waals surface area contributed by atoms with E-state index in [1.807, 2.05) is 6.92 Å². The van der Waals surface area contributed by atoms with Crippen molar-refractivity contribution in [3.63, 3.8) is 0 Å². The highest BCUT2D eigenvalue weighted by Crippen LogP contribution is 2.23. The smallest absolute Gasteiger partial charge is 0.239 e. The molecule has 0 aromatic heterocycles. The molecule has 0 saturated carbocycles. The van der Waals surface area contributed by atoms with Crippen LogP contribution < -0.4 is 11.3 Å². The van der Waals surface area contributed by atoms with Crippen LogP contribution in [0.5, 0.6) is 0 Å². The van der Waals surface area contributed by atoms with Gasteiger partial charge in [0, 0.05) is 19.5 Å². The molecule has 2 atom stereocenters. The van der Waals surface area contributed by atoms with Crippen LogP contribution in [0.4, 0.5) is 0 Å². The molecule has 1 fully saturated rings. The van der Waals surface area contributed by atoms with Gasteiger partial charge in [0.05, 0.1) is 5.92 Å². The highest BCUT2D eigenvalue weighted by atomic mass is 16.2. The lowest BCUT2D eigenvalue weighted by Gasteiger charge is -2.37. The third-order valence-electron chi connectivity index (χ3n) is 2.87. The maximum Gasteiger partial charge on any atom is 0.239 e. The summed E-state index contributed by atoms with van der Waals surface area (Å²) in [6.45, 7) is 4.16.